The van der Waals surface area contributed by atoms with E-state index in [0.29, 0.717) is 29.4 Å². The second-order valence-electron chi connectivity index (χ2n) is 6.78. The van der Waals surface area contributed by atoms with Crippen molar-refractivity contribution in [1.82, 2.24) is 4.31 Å². The number of amides is 1. The summed E-state index contributed by atoms with van der Waals surface area (Å²) in [5.74, 6) is 0.137. The van der Waals surface area contributed by atoms with Gasteiger partial charge >= 0.3 is 0 Å². The predicted octanol–water partition coefficient (Wildman–Crippen LogP) is 3.84. The van der Waals surface area contributed by atoms with Gasteiger partial charge in [-0.05, 0) is 50.1 Å². The molecule has 0 spiro atoms. The lowest BCUT2D eigenvalue weighted by Crippen LogP contribution is -2.49. The van der Waals surface area contributed by atoms with Crippen molar-refractivity contribution in [3.63, 3.8) is 0 Å². The first-order chi connectivity index (χ1) is 13.3. The summed E-state index contributed by atoms with van der Waals surface area (Å²) < 4.78 is 32.6. The number of aryl methyl sites for hydroxylation is 1. The minimum Gasteiger partial charge on any atom is -0.495 e. The third kappa shape index (κ3) is 4.32. The van der Waals surface area contributed by atoms with Crippen LogP contribution in [0.3, 0.4) is 0 Å². The summed E-state index contributed by atoms with van der Waals surface area (Å²) in [4.78, 5) is 13.1. The number of methoxy groups -OCH3 is 1. The number of ether oxygens (including phenoxy) is 1. The van der Waals surface area contributed by atoms with Gasteiger partial charge in [-0.1, -0.05) is 35.7 Å². The molecule has 1 N–H and O–H groups in total. The molecule has 6 nitrogen and oxygen atoms in total. The van der Waals surface area contributed by atoms with Gasteiger partial charge in [-0.2, -0.15) is 4.31 Å². The minimum atomic E-state index is -3.76. The van der Waals surface area contributed by atoms with Crippen molar-refractivity contribution in [3.05, 3.63) is 53.1 Å². The summed E-state index contributed by atoms with van der Waals surface area (Å²) in [7, 11) is -2.25. The molecule has 1 fully saturated rings. The van der Waals surface area contributed by atoms with Crippen molar-refractivity contribution in [2.75, 3.05) is 19.0 Å². The van der Waals surface area contributed by atoms with Crippen LogP contribution in [0.2, 0.25) is 5.02 Å². The molecule has 0 aliphatic carbocycles. The van der Waals surface area contributed by atoms with E-state index in [-0.39, 0.29) is 10.8 Å². The van der Waals surface area contributed by atoms with Crippen molar-refractivity contribution in [2.24, 2.45) is 0 Å². The van der Waals surface area contributed by atoms with Gasteiger partial charge in [-0.3, -0.25) is 4.79 Å². The monoisotopic (exact) mass is 422 g/mol. The molecule has 2 aromatic carbocycles. The molecule has 2 aromatic rings. The number of benzene rings is 2. The molecule has 0 bridgehead atoms. The van der Waals surface area contributed by atoms with E-state index in [2.05, 4.69) is 5.32 Å². The number of anilines is 1. The number of piperidine rings is 1. The number of hydrogen-bond acceptors (Lipinski definition) is 4. The van der Waals surface area contributed by atoms with Crippen LogP contribution in [0.5, 0.6) is 5.75 Å². The van der Waals surface area contributed by atoms with Crippen LogP contribution in [0.25, 0.3) is 0 Å². The third-order valence-corrected chi connectivity index (χ3v) is 7.02. The summed E-state index contributed by atoms with van der Waals surface area (Å²) in [6.45, 7) is 2.21. The molecule has 1 saturated heterocycles. The van der Waals surface area contributed by atoms with E-state index in [1.807, 2.05) is 6.92 Å². The lowest BCUT2D eigenvalue weighted by atomic mass is 10.0. The van der Waals surface area contributed by atoms with Crippen LogP contribution < -0.4 is 10.1 Å². The molecule has 0 unspecified atom stereocenters. The maximum Gasteiger partial charge on any atom is 0.243 e. The van der Waals surface area contributed by atoms with Crippen LogP contribution in [0.15, 0.2) is 47.4 Å². The third-order valence-electron chi connectivity index (χ3n) is 4.80. The van der Waals surface area contributed by atoms with Gasteiger partial charge < -0.3 is 10.1 Å². The molecule has 8 heteroatoms. The number of sulfonamides is 1. The van der Waals surface area contributed by atoms with Gasteiger partial charge in [0.15, 0.2) is 0 Å². The molecule has 1 heterocycles. The normalized spacial score (nSPS) is 17.9. The number of nitrogens with zero attached hydrogens (tertiary/aromatic N) is 1. The molecule has 3 rings (SSSR count). The van der Waals surface area contributed by atoms with E-state index in [9.17, 15) is 13.2 Å². The van der Waals surface area contributed by atoms with Gasteiger partial charge in [-0.15, -0.1) is 0 Å². The van der Waals surface area contributed by atoms with Crippen LogP contribution in [-0.2, 0) is 14.8 Å². The maximum absolute atomic E-state index is 13.1. The van der Waals surface area contributed by atoms with Crippen LogP contribution in [0.4, 0.5) is 5.69 Å². The fourth-order valence-electron chi connectivity index (χ4n) is 3.27. The van der Waals surface area contributed by atoms with E-state index in [0.717, 1.165) is 18.4 Å². The van der Waals surface area contributed by atoms with Crippen molar-refractivity contribution in [2.45, 2.75) is 37.1 Å². The highest BCUT2D eigenvalue weighted by molar-refractivity contribution is 7.89. The molecule has 28 heavy (non-hydrogen) atoms. The Balaban J connectivity index is 1.83. The van der Waals surface area contributed by atoms with Crippen molar-refractivity contribution in [3.8, 4) is 5.75 Å². The Morgan fingerprint density at radius 3 is 2.54 bits per heavy atom. The Labute approximate surface area is 170 Å². The van der Waals surface area contributed by atoms with Gasteiger partial charge in [-0.25, -0.2) is 8.42 Å². The number of halogens is 1. The minimum absolute atomic E-state index is 0.199. The zero-order valence-electron chi connectivity index (χ0n) is 15.8. The summed E-state index contributed by atoms with van der Waals surface area (Å²) >= 11 is 6.11. The van der Waals surface area contributed by atoms with Gasteiger partial charge in [0.1, 0.15) is 11.8 Å². The molecule has 1 amide bonds. The first-order valence-electron chi connectivity index (χ1n) is 9.06. The Bertz CT molecular complexity index is 961. The highest BCUT2D eigenvalue weighted by Crippen LogP contribution is 2.29. The Kier molecular flexibility index (Phi) is 6.27. The topological polar surface area (TPSA) is 75.7 Å². The summed E-state index contributed by atoms with van der Waals surface area (Å²) in [6.07, 6.45) is 1.99. The Morgan fingerprint density at radius 1 is 1.18 bits per heavy atom. The standard InChI is InChI=1S/C20H23ClN2O4S/c1-14-6-9-16(10-7-14)28(25,26)23-12-4-3-5-18(23)20(24)22-15-8-11-19(27-2)17(21)13-15/h6-11,13,18H,3-5,12H2,1-2H3,(H,22,24)/t18-/m1/s1. The van der Waals surface area contributed by atoms with E-state index >= 15 is 0 Å². The predicted molar refractivity (Wildman–Crippen MR) is 109 cm³/mol. The van der Waals surface area contributed by atoms with Gasteiger partial charge in [0.25, 0.3) is 0 Å². The lowest BCUT2D eigenvalue weighted by Gasteiger charge is -2.33. The first kappa shape index (κ1) is 20.6. The van der Waals surface area contributed by atoms with Crippen molar-refractivity contribution in [1.29, 1.82) is 0 Å². The lowest BCUT2D eigenvalue weighted by molar-refractivity contribution is -0.120. The van der Waals surface area contributed by atoms with E-state index in [4.69, 9.17) is 16.3 Å². The highest BCUT2D eigenvalue weighted by atomic mass is 35.5. The average molecular weight is 423 g/mol. The fraction of sp³-hybridized carbons (Fsp3) is 0.350. The number of nitrogens with one attached hydrogen (secondary N) is 1. The van der Waals surface area contributed by atoms with Crippen molar-refractivity contribution >= 4 is 33.2 Å². The Hall–Kier alpha value is -2.09. The number of hydrogen-bond donors (Lipinski definition) is 1. The largest absolute Gasteiger partial charge is 0.495 e. The van der Waals surface area contributed by atoms with Crippen LogP contribution in [0, 0.1) is 6.92 Å². The maximum atomic E-state index is 13.1. The molecular formula is C20H23ClN2O4S. The average Bonchev–Trinajstić information content (AvgIpc) is 2.68. The number of carbonyl (C=O) groups is 1. The molecule has 0 saturated carbocycles. The number of carbonyl (C=O) groups excluding carboxylic acids is 1. The fourth-order valence-corrected chi connectivity index (χ4v) is 5.18. The zero-order chi connectivity index (χ0) is 20.3. The molecular weight excluding hydrogens is 400 g/mol. The quantitative estimate of drug-likeness (QED) is 0.794. The van der Waals surface area contributed by atoms with Crippen molar-refractivity contribution < 1.29 is 17.9 Å². The van der Waals surface area contributed by atoms with Crippen LogP contribution in [0.1, 0.15) is 24.8 Å². The Morgan fingerprint density at radius 2 is 1.89 bits per heavy atom. The van der Waals surface area contributed by atoms with Gasteiger partial charge in [0.2, 0.25) is 15.9 Å². The van der Waals surface area contributed by atoms with Crippen LogP contribution in [-0.4, -0.2) is 38.3 Å². The molecule has 1 atom stereocenters. The summed E-state index contributed by atoms with van der Waals surface area (Å²) in [6, 6.07) is 10.8. The highest BCUT2D eigenvalue weighted by Gasteiger charge is 2.37. The molecule has 1 aliphatic heterocycles. The van der Waals surface area contributed by atoms with Crippen LogP contribution >= 0.6 is 11.6 Å². The van der Waals surface area contributed by atoms with E-state index in [1.54, 1.807) is 42.5 Å². The smallest absolute Gasteiger partial charge is 0.243 e. The second kappa shape index (κ2) is 8.51. The summed E-state index contributed by atoms with van der Waals surface area (Å²) in [5, 5.41) is 3.15. The molecule has 0 aromatic heterocycles. The number of rotatable bonds is 5. The van der Waals surface area contributed by atoms with E-state index < -0.39 is 16.1 Å². The zero-order valence-corrected chi connectivity index (χ0v) is 17.4. The molecule has 1 aliphatic rings. The summed E-state index contributed by atoms with van der Waals surface area (Å²) in [5.41, 5.74) is 1.47. The molecule has 150 valence electrons. The second-order valence-corrected chi connectivity index (χ2v) is 9.08. The molecule has 0 radical (unpaired) electrons. The van der Waals surface area contributed by atoms with E-state index in [1.165, 1.54) is 11.4 Å². The first-order valence-corrected chi connectivity index (χ1v) is 10.9. The van der Waals surface area contributed by atoms with Gasteiger partial charge in [0.05, 0.1) is 17.0 Å². The SMILES string of the molecule is COc1ccc(NC(=O)[C@H]2CCCCN2S(=O)(=O)c2ccc(C)cc2)cc1Cl. The van der Waals surface area contributed by atoms with Gasteiger partial charge in [0, 0.05) is 12.2 Å².